The molecule has 1 saturated carbocycles. The highest BCUT2D eigenvalue weighted by Gasteiger charge is 2.45. The molecule has 0 aromatic heterocycles. The van der Waals surface area contributed by atoms with E-state index in [0.717, 1.165) is 19.7 Å². The van der Waals surface area contributed by atoms with Crippen molar-refractivity contribution in [2.75, 3.05) is 26.2 Å². The zero-order chi connectivity index (χ0) is 13.4. The molecule has 1 saturated heterocycles. The first-order chi connectivity index (χ1) is 8.28. The highest BCUT2D eigenvalue weighted by molar-refractivity contribution is 4.97. The van der Waals surface area contributed by atoms with Crippen molar-refractivity contribution >= 4 is 0 Å². The molecular formula is C15H29NO2. The molecule has 0 amide bonds. The molecular weight excluding hydrogens is 226 g/mol. The Morgan fingerprint density at radius 1 is 1.17 bits per heavy atom. The van der Waals surface area contributed by atoms with Crippen LogP contribution < -0.4 is 0 Å². The molecule has 1 aliphatic heterocycles. The Kier molecular flexibility index (Phi) is 4.05. The van der Waals surface area contributed by atoms with E-state index in [1.807, 2.05) is 0 Å². The second kappa shape index (κ2) is 5.10. The fourth-order valence-corrected chi connectivity index (χ4v) is 2.78. The summed E-state index contributed by atoms with van der Waals surface area (Å²) in [6.45, 7) is 15.0. The lowest BCUT2D eigenvalue weighted by Gasteiger charge is -2.37. The van der Waals surface area contributed by atoms with Crippen molar-refractivity contribution in [2.24, 2.45) is 5.41 Å². The third-order valence-electron chi connectivity index (χ3n) is 3.82. The summed E-state index contributed by atoms with van der Waals surface area (Å²) >= 11 is 0. The van der Waals surface area contributed by atoms with E-state index in [4.69, 9.17) is 9.47 Å². The number of hydrogen-bond acceptors (Lipinski definition) is 3. The van der Waals surface area contributed by atoms with Gasteiger partial charge in [-0.1, -0.05) is 0 Å². The summed E-state index contributed by atoms with van der Waals surface area (Å²) in [5.41, 5.74) is 0.422. The first-order valence-corrected chi connectivity index (χ1v) is 7.30. The van der Waals surface area contributed by atoms with E-state index in [9.17, 15) is 0 Å². The fourth-order valence-electron chi connectivity index (χ4n) is 2.78. The van der Waals surface area contributed by atoms with E-state index in [-0.39, 0.29) is 5.60 Å². The van der Waals surface area contributed by atoms with E-state index in [1.165, 1.54) is 19.4 Å². The second-order valence-electron chi connectivity index (χ2n) is 7.35. The molecule has 2 atom stereocenters. The monoisotopic (exact) mass is 255 g/mol. The molecule has 2 fully saturated rings. The lowest BCUT2D eigenvalue weighted by Crippen LogP contribution is -2.48. The molecule has 1 aliphatic carbocycles. The van der Waals surface area contributed by atoms with Crippen LogP contribution in [0.1, 0.15) is 47.5 Å². The Hall–Kier alpha value is -0.120. The second-order valence-corrected chi connectivity index (χ2v) is 7.35. The molecule has 18 heavy (non-hydrogen) atoms. The summed E-state index contributed by atoms with van der Waals surface area (Å²) in [7, 11) is 0. The molecule has 0 spiro atoms. The van der Waals surface area contributed by atoms with Crippen molar-refractivity contribution in [3.8, 4) is 0 Å². The lowest BCUT2D eigenvalue weighted by atomic mass is 10.1. The zero-order valence-electron chi connectivity index (χ0n) is 12.7. The minimum atomic E-state index is -0.0127. The molecule has 2 aliphatic rings. The van der Waals surface area contributed by atoms with Gasteiger partial charge in [0.1, 0.15) is 0 Å². The first kappa shape index (κ1) is 14.3. The Morgan fingerprint density at radius 3 is 2.17 bits per heavy atom. The van der Waals surface area contributed by atoms with Crippen LogP contribution in [-0.4, -0.2) is 49.0 Å². The van der Waals surface area contributed by atoms with Crippen LogP contribution in [0.5, 0.6) is 0 Å². The van der Waals surface area contributed by atoms with Crippen molar-refractivity contribution in [3.63, 3.8) is 0 Å². The van der Waals surface area contributed by atoms with Crippen LogP contribution in [0.25, 0.3) is 0 Å². The van der Waals surface area contributed by atoms with Gasteiger partial charge in [0.25, 0.3) is 0 Å². The van der Waals surface area contributed by atoms with Gasteiger partial charge in [-0.15, -0.1) is 0 Å². The molecule has 0 N–H and O–H groups in total. The van der Waals surface area contributed by atoms with Gasteiger partial charge >= 0.3 is 0 Å². The molecule has 1 heterocycles. The van der Waals surface area contributed by atoms with Crippen molar-refractivity contribution in [3.05, 3.63) is 0 Å². The summed E-state index contributed by atoms with van der Waals surface area (Å²) in [6.07, 6.45) is 3.38. The maximum Gasteiger partial charge on any atom is 0.0678 e. The standard InChI is InChI=1S/C15H29NO2/c1-12-8-16(9-13(2)18-12)10-15(6-7-15)11-17-14(3,4)5/h12-13H,6-11H2,1-5H3/t12-,13+. The van der Waals surface area contributed by atoms with Gasteiger partial charge in [0.15, 0.2) is 0 Å². The summed E-state index contributed by atoms with van der Waals surface area (Å²) in [5.74, 6) is 0. The van der Waals surface area contributed by atoms with Crippen LogP contribution in [0, 0.1) is 5.41 Å². The van der Waals surface area contributed by atoms with Crippen LogP contribution in [0.4, 0.5) is 0 Å². The van der Waals surface area contributed by atoms with Crippen LogP contribution >= 0.6 is 0 Å². The van der Waals surface area contributed by atoms with Gasteiger partial charge in [-0.25, -0.2) is 0 Å². The van der Waals surface area contributed by atoms with E-state index in [1.54, 1.807) is 0 Å². The minimum absolute atomic E-state index is 0.0127. The van der Waals surface area contributed by atoms with Gasteiger partial charge in [0, 0.05) is 25.0 Å². The van der Waals surface area contributed by atoms with Crippen molar-refractivity contribution < 1.29 is 9.47 Å². The van der Waals surface area contributed by atoms with Crippen LogP contribution in [-0.2, 0) is 9.47 Å². The quantitative estimate of drug-likeness (QED) is 0.771. The SMILES string of the molecule is C[C@@H]1CN(CC2(COC(C)(C)C)CC2)C[C@H](C)O1. The molecule has 0 unspecified atom stereocenters. The highest BCUT2D eigenvalue weighted by atomic mass is 16.5. The highest BCUT2D eigenvalue weighted by Crippen LogP contribution is 2.47. The predicted octanol–water partition coefficient (Wildman–Crippen LogP) is 2.69. The fraction of sp³-hybridized carbons (Fsp3) is 1.00. The maximum atomic E-state index is 5.99. The number of ether oxygens (including phenoxy) is 2. The maximum absolute atomic E-state index is 5.99. The number of nitrogens with zero attached hydrogens (tertiary/aromatic N) is 1. The third kappa shape index (κ3) is 4.22. The van der Waals surface area contributed by atoms with Gasteiger partial charge in [0.05, 0.1) is 24.4 Å². The minimum Gasteiger partial charge on any atom is -0.375 e. The van der Waals surface area contributed by atoms with Gasteiger partial charge in [-0.3, -0.25) is 4.90 Å². The lowest BCUT2D eigenvalue weighted by molar-refractivity contribution is -0.0830. The average Bonchev–Trinajstić information content (AvgIpc) is 2.93. The normalized spacial score (nSPS) is 32.5. The summed E-state index contributed by atoms with van der Waals surface area (Å²) in [6, 6.07) is 0. The molecule has 3 nitrogen and oxygen atoms in total. The Morgan fingerprint density at radius 2 is 1.72 bits per heavy atom. The van der Waals surface area contributed by atoms with E-state index in [2.05, 4.69) is 39.5 Å². The third-order valence-corrected chi connectivity index (χ3v) is 3.82. The van der Waals surface area contributed by atoms with E-state index >= 15 is 0 Å². The van der Waals surface area contributed by atoms with Crippen molar-refractivity contribution in [1.82, 2.24) is 4.90 Å². The largest absolute Gasteiger partial charge is 0.375 e. The van der Waals surface area contributed by atoms with Crippen molar-refractivity contribution in [2.45, 2.75) is 65.3 Å². The van der Waals surface area contributed by atoms with Crippen LogP contribution in [0.3, 0.4) is 0 Å². The molecule has 0 aromatic carbocycles. The molecule has 2 rings (SSSR count). The Labute approximate surface area is 112 Å². The Bertz CT molecular complexity index is 271. The number of hydrogen-bond donors (Lipinski definition) is 0. The van der Waals surface area contributed by atoms with Crippen molar-refractivity contribution in [1.29, 1.82) is 0 Å². The summed E-state index contributed by atoms with van der Waals surface area (Å²) in [4.78, 5) is 2.57. The molecule has 0 bridgehead atoms. The van der Waals surface area contributed by atoms with Gasteiger partial charge in [0.2, 0.25) is 0 Å². The van der Waals surface area contributed by atoms with Crippen LogP contribution in [0.2, 0.25) is 0 Å². The molecule has 0 radical (unpaired) electrons. The van der Waals surface area contributed by atoms with Gasteiger partial charge < -0.3 is 9.47 Å². The summed E-state index contributed by atoms with van der Waals surface area (Å²) in [5, 5.41) is 0. The molecule has 106 valence electrons. The van der Waals surface area contributed by atoms with E-state index in [0.29, 0.717) is 17.6 Å². The predicted molar refractivity (Wildman–Crippen MR) is 73.8 cm³/mol. The zero-order valence-corrected chi connectivity index (χ0v) is 12.7. The average molecular weight is 255 g/mol. The summed E-state index contributed by atoms with van der Waals surface area (Å²) < 4.78 is 11.8. The Balaban J connectivity index is 1.81. The van der Waals surface area contributed by atoms with E-state index < -0.39 is 0 Å². The molecule has 0 aromatic rings. The number of morpholine rings is 1. The first-order valence-electron chi connectivity index (χ1n) is 7.30. The van der Waals surface area contributed by atoms with Gasteiger partial charge in [-0.05, 0) is 47.5 Å². The topological polar surface area (TPSA) is 21.7 Å². The smallest absolute Gasteiger partial charge is 0.0678 e. The number of rotatable bonds is 4. The molecule has 3 heteroatoms. The van der Waals surface area contributed by atoms with Crippen LogP contribution in [0.15, 0.2) is 0 Å². The van der Waals surface area contributed by atoms with Gasteiger partial charge in [-0.2, -0.15) is 0 Å².